The van der Waals surface area contributed by atoms with Crippen LogP contribution in [0.3, 0.4) is 0 Å². The first-order valence-electron chi connectivity index (χ1n) is 16.8. The van der Waals surface area contributed by atoms with Crippen molar-refractivity contribution >= 4 is 46.9 Å². The van der Waals surface area contributed by atoms with Gasteiger partial charge in [0.1, 0.15) is 22.4 Å². The van der Waals surface area contributed by atoms with Gasteiger partial charge in [-0.2, -0.15) is 0 Å². The summed E-state index contributed by atoms with van der Waals surface area (Å²) in [6, 6.07) is 48.3. The minimum Gasteiger partial charge on any atom is -0.497 e. The predicted molar refractivity (Wildman–Crippen MR) is 212 cm³/mol. The number of amides is 3. The maximum atomic E-state index is 13.9. The largest absolute Gasteiger partial charge is 0.497 e. The Morgan fingerprint density at radius 3 is 1.98 bits per heavy atom. The molecule has 6 aromatic rings. The highest BCUT2D eigenvalue weighted by molar-refractivity contribution is 8.00. The lowest BCUT2D eigenvalue weighted by atomic mass is 10.0. The molecule has 0 aliphatic rings. The van der Waals surface area contributed by atoms with Gasteiger partial charge in [-0.25, -0.2) is 0 Å². The number of hydrogen-bond acceptors (Lipinski definition) is 6. The van der Waals surface area contributed by atoms with Gasteiger partial charge in [0, 0.05) is 22.2 Å². The van der Waals surface area contributed by atoms with E-state index in [1.807, 2.05) is 97.1 Å². The minimum absolute atomic E-state index is 0.0677. The highest BCUT2D eigenvalue weighted by Crippen LogP contribution is 2.38. The highest BCUT2D eigenvalue weighted by atomic mass is 32.2. The Bertz CT molecular complexity index is 2210. The molecule has 0 radical (unpaired) electrons. The van der Waals surface area contributed by atoms with Gasteiger partial charge in [-0.05, 0) is 70.8 Å². The molecule has 3 amide bonds. The van der Waals surface area contributed by atoms with Crippen molar-refractivity contribution in [3.8, 4) is 22.6 Å². The molecule has 0 aromatic heterocycles. The maximum Gasteiger partial charge on any atom is 0.272 e. The molecule has 8 nitrogen and oxygen atoms in total. The molecular formula is C44H37N3O5S. The normalized spacial score (nSPS) is 11.5. The number of thioether (sulfide) groups is 1. The molecule has 0 saturated carbocycles. The van der Waals surface area contributed by atoms with Crippen LogP contribution < -0.4 is 25.4 Å². The molecule has 6 rings (SSSR count). The second-order valence-electron chi connectivity index (χ2n) is 11.8. The topological polar surface area (TPSA) is 106 Å². The average molecular weight is 720 g/mol. The van der Waals surface area contributed by atoms with E-state index in [-0.39, 0.29) is 11.6 Å². The SMILES string of the molecule is COc1ccc(OC)c(NC(=O)C(Sc2cccc(NC(=O)/C(=C\c3ccc(-c4ccccc4)cc3)NC(=O)c3ccccc3)c2)c2ccccc2)c1. The van der Waals surface area contributed by atoms with Crippen LogP contribution in [-0.4, -0.2) is 31.9 Å². The average Bonchev–Trinajstić information content (AvgIpc) is 3.21. The smallest absolute Gasteiger partial charge is 0.272 e. The molecule has 1 unspecified atom stereocenters. The molecule has 0 spiro atoms. The summed E-state index contributed by atoms with van der Waals surface area (Å²) in [6.07, 6.45) is 1.65. The van der Waals surface area contributed by atoms with Gasteiger partial charge in [0.2, 0.25) is 5.91 Å². The molecule has 1 atom stereocenters. The number of anilines is 2. The summed E-state index contributed by atoms with van der Waals surface area (Å²) in [5.74, 6) is -0.121. The van der Waals surface area contributed by atoms with Crippen LogP contribution >= 0.6 is 11.8 Å². The number of rotatable bonds is 13. The van der Waals surface area contributed by atoms with Crippen LogP contribution in [0.5, 0.6) is 11.5 Å². The Kier molecular flexibility index (Phi) is 12.0. The molecule has 53 heavy (non-hydrogen) atoms. The van der Waals surface area contributed by atoms with E-state index in [1.165, 1.54) is 18.9 Å². The standard InChI is InChI=1S/C44H37N3O5S/c1-51-36-25-26-40(52-2)38(29-36)46-44(50)41(33-15-8-4-9-16-33)53-37-20-12-19-35(28-37)45-43(49)39(47-42(48)34-17-10-5-11-18-34)27-30-21-23-32(24-22-30)31-13-6-3-7-14-31/h3-29,41H,1-2H3,(H,45,49)(H,46,50)(H,47,48)/b39-27+. The first-order valence-corrected chi connectivity index (χ1v) is 17.7. The van der Waals surface area contributed by atoms with Crippen molar-refractivity contribution in [3.05, 3.63) is 180 Å². The van der Waals surface area contributed by atoms with Crippen molar-refractivity contribution in [1.82, 2.24) is 5.32 Å². The lowest BCUT2D eigenvalue weighted by Gasteiger charge is -2.19. The van der Waals surface area contributed by atoms with Crippen LogP contribution in [0.15, 0.2) is 168 Å². The van der Waals surface area contributed by atoms with E-state index < -0.39 is 17.1 Å². The van der Waals surface area contributed by atoms with Gasteiger partial charge in [0.05, 0.1) is 19.9 Å². The van der Waals surface area contributed by atoms with Crippen molar-refractivity contribution in [1.29, 1.82) is 0 Å². The van der Waals surface area contributed by atoms with Gasteiger partial charge >= 0.3 is 0 Å². The number of nitrogens with one attached hydrogen (secondary N) is 3. The molecule has 0 fully saturated rings. The van der Waals surface area contributed by atoms with E-state index in [0.717, 1.165) is 27.1 Å². The first-order chi connectivity index (χ1) is 25.9. The van der Waals surface area contributed by atoms with Crippen molar-refractivity contribution in [3.63, 3.8) is 0 Å². The lowest BCUT2D eigenvalue weighted by molar-refractivity contribution is -0.116. The number of carbonyl (C=O) groups is 3. The van der Waals surface area contributed by atoms with E-state index in [2.05, 4.69) is 16.0 Å². The molecule has 0 saturated heterocycles. The number of ether oxygens (including phenoxy) is 2. The Morgan fingerprint density at radius 2 is 1.30 bits per heavy atom. The van der Waals surface area contributed by atoms with Crippen LogP contribution in [-0.2, 0) is 9.59 Å². The first kappa shape index (κ1) is 36.2. The second kappa shape index (κ2) is 17.6. The maximum absolute atomic E-state index is 13.9. The monoisotopic (exact) mass is 719 g/mol. The molecule has 3 N–H and O–H groups in total. The van der Waals surface area contributed by atoms with E-state index in [4.69, 9.17) is 9.47 Å². The van der Waals surface area contributed by atoms with Crippen LogP contribution in [0.2, 0.25) is 0 Å². The fraction of sp³-hybridized carbons (Fsp3) is 0.0682. The van der Waals surface area contributed by atoms with Gasteiger partial charge < -0.3 is 25.4 Å². The van der Waals surface area contributed by atoms with Gasteiger partial charge in [-0.3, -0.25) is 14.4 Å². The number of methoxy groups -OCH3 is 2. The second-order valence-corrected chi connectivity index (χ2v) is 13.0. The van der Waals surface area contributed by atoms with Crippen LogP contribution in [0, 0.1) is 0 Å². The van der Waals surface area contributed by atoms with Crippen molar-refractivity contribution in [2.45, 2.75) is 10.1 Å². The Morgan fingerprint density at radius 1 is 0.642 bits per heavy atom. The quantitative estimate of drug-likeness (QED) is 0.0812. The van der Waals surface area contributed by atoms with Crippen molar-refractivity contribution in [2.75, 3.05) is 24.9 Å². The highest BCUT2D eigenvalue weighted by Gasteiger charge is 2.24. The molecule has 6 aromatic carbocycles. The fourth-order valence-electron chi connectivity index (χ4n) is 5.50. The van der Waals surface area contributed by atoms with Crippen molar-refractivity contribution in [2.24, 2.45) is 0 Å². The summed E-state index contributed by atoms with van der Waals surface area (Å²) in [6.45, 7) is 0. The summed E-state index contributed by atoms with van der Waals surface area (Å²) < 4.78 is 10.8. The van der Waals surface area contributed by atoms with Crippen LogP contribution in [0.1, 0.15) is 26.7 Å². The van der Waals surface area contributed by atoms with Gasteiger partial charge in [0.25, 0.3) is 11.8 Å². The Balaban J connectivity index is 1.24. The molecule has 0 bridgehead atoms. The molecule has 0 aliphatic carbocycles. The third-order valence-corrected chi connectivity index (χ3v) is 9.46. The third kappa shape index (κ3) is 9.61. The zero-order valence-electron chi connectivity index (χ0n) is 29.1. The van der Waals surface area contributed by atoms with Gasteiger partial charge in [0.15, 0.2) is 0 Å². The Labute approximate surface area is 312 Å². The van der Waals surface area contributed by atoms with E-state index in [1.54, 1.807) is 73.8 Å². The van der Waals surface area contributed by atoms with Gasteiger partial charge in [-0.15, -0.1) is 11.8 Å². The van der Waals surface area contributed by atoms with E-state index in [0.29, 0.717) is 28.4 Å². The molecule has 264 valence electrons. The molecule has 0 heterocycles. The van der Waals surface area contributed by atoms with E-state index >= 15 is 0 Å². The predicted octanol–water partition coefficient (Wildman–Crippen LogP) is 9.25. The zero-order valence-corrected chi connectivity index (χ0v) is 29.9. The molecule has 0 aliphatic heterocycles. The summed E-state index contributed by atoms with van der Waals surface area (Å²) in [5, 5.41) is 8.09. The van der Waals surface area contributed by atoms with Crippen LogP contribution in [0.4, 0.5) is 11.4 Å². The summed E-state index contributed by atoms with van der Waals surface area (Å²) in [5.41, 5.74) is 5.07. The number of hydrogen-bond donors (Lipinski definition) is 3. The van der Waals surface area contributed by atoms with Crippen LogP contribution in [0.25, 0.3) is 17.2 Å². The molecule has 9 heteroatoms. The summed E-state index contributed by atoms with van der Waals surface area (Å²) in [7, 11) is 3.09. The number of carbonyl (C=O) groups excluding carboxylic acids is 3. The minimum atomic E-state index is -0.655. The van der Waals surface area contributed by atoms with Gasteiger partial charge in [-0.1, -0.05) is 109 Å². The lowest BCUT2D eigenvalue weighted by Crippen LogP contribution is -2.30. The number of benzene rings is 6. The van der Waals surface area contributed by atoms with E-state index in [9.17, 15) is 14.4 Å². The van der Waals surface area contributed by atoms with Crippen molar-refractivity contribution < 1.29 is 23.9 Å². The fourth-order valence-corrected chi connectivity index (χ4v) is 6.59. The zero-order chi connectivity index (χ0) is 37.0. The summed E-state index contributed by atoms with van der Waals surface area (Å²) in [4.78, 5) is 41.7. The summed E-state index contributed by atoms with van der Waals surface area (Å²) >= 11 is 1.33. The third-order valence-electron chi connectivity index (χ3n) is 8.21. The Hall–Kier alpha value is -6.58. The molecular weight excluding hydrogens is 683 g/mol.